The van der Waals surface area contributed by atoms with Gasteiger partial charge in [0.25, 0.3) is 5.91 Å². The summed E-state index contributed by atoms with van der Waals surface area (Å²) in [5.41, 5.74) is 0.209. The van der Waals surface area contributed by atoms with Crippen molar-refractivity contribution in [1.29, 1.82) is 0 Å². The van der Waals surface area contributed by atoms with Crippen LogP contribution >= 0.6 is 11.6 Å². The highest BCUT2D eigenvalue weighted by atomic mass is 35.5. The molecule has 0 aromatic heterocycles. The third kappa shape index (κ3) is 4.63. The zero-order valence-corrected chi connectivity index (χ0v) is 13.3. The van der Waals surface area contributed by atoms with Crippen LogP contribution in [-0.2, 0) is 9.53 Å². The summed E-state index contributed by atoms with van der Waals surface area (Å²) >= 11 is 5.87. The second-order valence-electron chi connectivity index (χ2n) is 5.32. The van der Waals surface area contributed by atoms with E-state index in [9.17, 15) is 9.59 Å². The van der Waals surface area contributed by atoms with Crippen LogP contribution in [0.5, 0.6) is 5.75 Å². The lowest BCUT2D eigenvalue weighted by atomic mass is 9.95. The minimum atomic E-state index is -0.627. The van der Waals surface area contributed by atoms with Gasteiger partial charge in [0, 0.05) is 11.1 Å². The molecule has 120 valence electrons. The van der Waals surface area contributed by atoms with Crippen molar-refractivity contribution in [3.63, 3.8) is 0 Å². The molecule has 1 N–H and O–H groups in total. The predicted octanol–water partition coefficient (Wildman–Crippen LogP) is 2.95. The van der Waals surface area contributed by atoms with Crippen LogP contribution in [0.25, 0.3) is 0 Å². The van der Waals surface area contributed by atoms with Crippen LogP contribution in [0.2, 0.25) is 5.02 Å². The molecule has 5 nitrogen and oxygen atoms in total. The maximum Gasteiger partial charge on any atom is 0.342 e. The Morgan fingerprint density at radius 2 is 2.00 bits per heavy atom. The molecule has 2 rings (SSSR count). The van der Waals surface area contributed by atoms with Gasteiger partial charge < -0.3 is 14.8 Å². The molecular formula is C16H20ClNO4. The molecule has 6 heteroatoms. The molecule has 1 aliphatic carbocycles. The summed E-state index contributed by atoms with van der Waals surface area (Å²) in [6, 6.07) is 4.86. The first-order valence-electron chi connectivity index (χ1n) is 7.40. The van der Waals surface area contributed by atoms with Crippen LogP contribution < -0.4 is 10.1 Å². The zero-order chi connectivity index (χ0) is 15.9. The molecule has 1 fully saturated rings. The number of carbonyl (C=O) groups is 2. The van der Waals surface area contributed by atoms with Crippen molar-refractivity contribution in [2.75, 3.05) is 13.7 Å². The molecule has 22 heavy (non-hydrogen) atoms. The van der Waals surface area contributed by atoms with Crippen LogP contribution in [0.3, 0.4) is 0 Å². The van der Waals surface area contributed by atoms with Crippen molar-refractivity contribution < 1.29 is 19.1 Å². The number of hydrogen-bond donors (Lipinski definition) is 1. The summed E-state index contributed by atoms with van der Waals surface area (Å²) in [6.07, 6.45) is 5.45. The highest BCUT2D eigenvalue weighted by molar-refractivity contribution is 6.31. The Balaban J connectivity index is 1.86. The zero-order valence-electron chi connectivity index (χ0n) is 12.6. The third-order valence-electron chi connectivity index (χ3n) is 3.69. The van der Waals surface area contributed by atoms with E-state index in [-0.39, 0.29) is 24.1 Å². The topological polar surface area (TPSA) is 64.6 Å². The molecule has 1 aromatic carbocycles. The Hall–Kier alpha value is -1.75. The molecule has 1 amide bonds. The smallest absolute Gasteiger partial charge is 0.342 e. The predicted molar refractivity (Wildman–Crippen MR) is 83.3 cm³/mol. The molecule has 0 heterocycles. The van der Waals surface area contributed by atoms with Gasteiger partial charge in [-0.1, -0.05) is 30.9 Å². The number of halogens is 1. The maximum absolute atomic E-state index is 12.0. The average Bonchev–Trinajstić information content (AvgIpc) is 2.53. The Morgan fingerprint density at radius 1 is 1.27 bits per heavy atom. The van der Waals surface area contributed by atoms with Gasteiger partial charge in [-0.05, 0) is 31.0 Å². The van der Waals surface area contributed by atoms with E-state index in [1.165, 1.54) is 19.6 Å². The van der Waals surface area contributed by atoms with E-state index in [1.54, 1.807) is 12.1 Å². The van der Waals surface area contributed by atoms with E-state index in [1.807, 2.05) is 0 Å². The summed E-state index contributed by atoms with van der Waals surface area (Å²) < 4.78 is 10.1. The SMILES string of the molecule is COc1ccc(Cl)cc1C(=O)OCC(=O)NC1CCCCC1. The molecule has 0 radical (unpaired) electrons. The van der Waals surface area contributed by atoms with Gasteiger partial charge in [0.2, 0.25) is 0 Å². The molecule has 1 aromatic rings. The number of hydrogen-bond acceptors (Lipinski definition) is 4. The van der Waals surface area contributed by atoms with E-state index in [4.69, 9.17) is 21.1 Å². The number of benzene rings is 1. The minimum absolute atomic E-state index is 0.195. The van der Waals surface area contributed by atoms with E-state index < -0.39 is 5.97 Å². The molecule has 1 aliphatic rings. The molecule has 0 spiro atoms. The van der Waals surface area contributed by atoms with E-state index in [0.29, 0.717) is 10.8 Å². The van der Waals surface area contributed by atoms with E-state index in [2.05, 4.69) is 5.32 Å². The van der Waals surface area contributed by atoms with Crippen molar-refractivity contribution in [3.8, 4) is 5.75 Å². The lowest BCUT2D eigenvalue weighted by Gasteiger charge is -2.22. The summed E-state index contributed by atoms with van der Waals surface area (Å²) in [5, 5.41) is 3.29. The number of methoxy groups -OCH3 is 1. The summed E-state index contributed by atoms with van der Waals surface area (Å²) in [5.74, 6) is -0.540. The molecule has 0 unspecified atom stereocenters. The summed E-state index contributed by atoms with van der Waals surface area (Å²) in [6.45, 7) is -0.301. The molecule has 0 aliphatic heterocycles. The lowest BCUT2D eigenvalue weighted by Crippen LogP contribution is -2.38. The number of rotatable bonds is 5. The van der Waals surface area contributed by atoms with Crippen molar-refractivity contribution in [3.05, 3.63) is 28.8 Å². The van der Waals surface area contributed by atoms with Crippen molar-refractivity contribution in [2.24, 2.45) is 0 Å². The molecule has 0 saturated heterocycles. The fourth-order valence-electron chi connectivity index (χ4n) is 2.56. The number of carbonyl (C=O) groups excluding carboxylic acids is 2. The van der Waals surface area contributed by atoms with Crippen LogP contribution in [0, 0.1) is 0 Å². The summed E-state index contributed by atoms with van der Waals surface area (Å²) in [7, 11) is 1.45. The van der Waals surface area contributed by atoms with Crippen LogP contribution in [-0.4, -0.2) is 31.6 Å². The second-order valence-corrected chi connectivity index (χ2v) is 5.76. The average molecular weight is 326 g/mol. The van der Waals surface area contributed by atoms with Gasteiger partial charge in [-0.15, -0.1) is 0 Å². The number of amides is 1. The van der Waals surface area contributed by atoms with Crippen molar-refractivity contribution in [1.82, 2.24) is 5.32 Å². The largest absolute Gasteiger partial charge is 0.496 e. The monoisotopic (exact) mass is 325 g/mol. The minimum Gasteiger partial charge on any atom is -0.496 e. The van der Waals surface area contributed by atoms with Gasteiger partial charge in [0.15, 0.2) is 6.61 Å². The van der Waals surface area contributed by atoms with Gasteiger partial charge in [-0.3, -0.25) is 4.79 Å². The highest BCUT2D eigenvalue weighted by Crippen LogP contribution is 2.23. The molecule has 1 saturated carbocycles. The summed E-state index contributed by atoms with van der Waals surface area (Å²) in [4.78, 5) is 23.9. The van der Waals surface area contributed by atoms with Crippen molar-refractivity contribution in [2.45, 2.75) is 38.1 Å². The van der Waals surface area contributed by atoms with Crippen LogP contribution in [0.4, 0.5) is 0 Å². The maximum atomic E-state index is 12.0. The second kappa shape index (κ2) is 8.03. The number of nitrogens with one attached hydrogen (secondary N) is 1. The highest BCUT2D eigenvalue weighted by Gasteiger charge is 2.18. The van der Waals surface area contributed by atoms with E-state index in [0.717, 1.165) is 25.7 Å². The fourth-order valence-corrected chi connectivity index (χ4v) is 2.74. The number of esters is 1. The fraction of sp³-hybridized carbons (Fsp3) is 0.500. The Labute approximate surface area is 134 Å². The Morgan fingerprint density at radius 3 is 2.68 bits per heavy atom. The van der Waals surface area contributed by atoms with Crippen molar-refractivity contribution >= 4 is 23.5 Å². The van der Waals surface area contributed by atoms with Gasteiger partial charge in [0.05, 0.1) is 7.11 Å². The first-order chi connectivity index (χ1) is 10.6. The van der Waals surface area contributed by atoms with Gasteiger partial charge in [-0.2, -0.15) is 0 Å². The van der Waals surface area contributed by atoms with Crippen LogP contribution in [0.15, 0.2) is 18.2 Å². The molecular weight excluding hydrogens is 306 g/mol. The lowest BCUT2D eigenvalue weighted by molar-refractivity contribution is -0.125. The Kier molecular flexibility index (Phi) is 6.07. The first-order valence-corrected chi connectivity index (χ1v) is 7.78. The quantitative estimate of drug-likeness (QED) is 0.845. The van der Waals surface area contributed by atoms with E-state index >= 15 is 0 Å². The van der Waals surface area contributed by atoms with Gasteiger partial charge in [-0.25, -0.2) is 4.79 Å². The number of ether oxygens (including phenoxy) is 2. The normalized spacial score (nSPS) is 15.2. The van der Waals surface area contributed by atoms with Gasteiger partial charge in [0.1, 0.15) is 11.3 Å². The third-order valence-corrected chi connectivity index (χ3v) is 3.92. The van der Waals surface area contributed by atoms with Crippen LogP contribution in [0.1, 0.15) is 42.5 Å². The first kappa shape index (κ1) is 16.6. The molecule has 0 bridgehead atoms. The standard InChI is InChI=1S/C16H20ClNO4/c1-21-14-8-7-11(17)9-13(14)16(20)22-10-15(19)18-12-5-3-2-4-6-12/h7-9,12H,2-6,10H2,1H3,(H,18,19). The van der Waals surface area contributed by atoms with Gasteiger partial charge >= 0.3 is 5.97 Å². The Bertz CT molecular complexity index is 541. The molecule has 0 atom stereocenters.